The Labute approximate surface area is 194 Å². The van der Waals surface area contributed by atoms with Crippen molar-refractivity contribution in [2.45, 2.75) is 25.7 Å². The van der Waals surface area contributed by atoms with E-state index in [0.29, 0.717) is 22.7 Å². The van der Waals surface area contributed by atoms with Crippen LogP contribution in [0.1, 0.15) is 27.0 Å². The first-order valence-electron chi connectivity index (χ1n) is 10.5. The number of nitrogens with one attached hydrogen (secondary N) is 2. The molecular formula is C25H28N2O5S. The molecule has 0 spiro atoms. The van der Waals surface area contributed by atoms with Crippen molar-refractivity contribution in [1.29, 1.82) is 0 Å². The van der Waals surface area contributed by atoms with Crippen LogP contribution in [0.5, 0.6) is 11.5 Å². The first-order valence-corrected chi connectivity index (χ1v) is 11.9. The maximum atomic E-state index is 13.0. The van der Waals surface area contributed by atoms with E-state index in [1.54, 1.807) is 50.4 Å². The van der Waals surface area contributed by atoms with Gasteiger partial charge in [0, 0.05) is 17.3 Å². The normalized spacial score (nSPS) is 11.0. The summed E-state index contributed by atoms with van der Waals surface area (Å²) in [4.78, 5) is 12.6. The Morgan fingerprint density at radius 2 is 1.61 bits per heavy atom. The van der Waals surface area contributed by atoms with Crippen LogP contribution in [0.4, 0.5) is 5.69 Å². The predicted molar refractivity (Wildman–Crippen MR) is 129 cm³/mol. The lowest BCUT2D eigenvalue weighted by molar-refractivity contribution is 0.0946. The van der Waals surface area contributed by atoms with Gasteiger partial charge in [-0.25, -0.2) is 8.42 Å². The molecule has 0 aliphatic heterocycles. The van der Waals surface area contributed by atoms with Gasteiger partial charge in [0.25, 0.3) is 15.9 Å². The second-order valence-electron chi connectivity index (χ2n) is 7.67. The lowest BCUT2D eigenvalue weighted by atomic mass is 10.1. The molecule has 3 rings (SSSR count). The van der Waals surface area contributed by atoms with Gasteiger partial charge in [-0.05, 0) is 73.9 Å². The van der Waals surface area contributed by atoms with E-state index in [1.165, 1.54) is 6.07 Å². The molecular weight excluding hydrogens is 440 g/mol. The zero-order chi connectivity index (χ0) is 24.0. The van der Waals surface area contributed by atoms with Crippen LogP contribution in [0, 0.1) is 20.8 Å². The van der Waals surface area contributed by atoms with Gasteiger partial charge >= 0.3 is 0 Å². The Morgan fingerprint density at radius 1 is 0.879 bits per heavy atom. The highest BCUT2D eigenvalue weighted by Gasteiger charge is 2.19. The Bertz CT molecular complexity index is 1260. The van der Waals surface area contributed by atoms with Gasteiger partial charge < -0.3 is 14.8 Å². The van der Waals surface area contributed by atoms with Crippen molar-refractivity contribution in [2.24, 2.45) is 0 Å². The number of carbonyl (C=O) groups is 1. The van der Waals surface area contributed by atoms with Crippen LogP contribution in [0.2, 0.25) is 0 Å². The molecule has 33 heavy (non-hydrogen) atoms. The molecule has 0 unspecified atom stereocenters. The molecule has 8 heteroatoms. The molecule has 3 aromatic rings. The highest BCUT2D eigenvalue weighted by atomic mass is 32.2. The Balaban J connectivity index is 1.65. The molecule has 0 fully saturated rings. The fraction of sp³-hybridized carbons (Fsp3) is 0.240. The number of rotatable bonds is 9. The first kappa shape index (κ1) is 24.1. The largest absolute Gasteiger partial charge is 0.497 e. The molecule has 3 aromatic carbocycles. The third-order valence-corrected chi connectivity index (χ3v) is 6.72. The van der Waals surface area contributed by atoms with Gasteiger partial charge in [0.15, 0.2) is 0 Å². The quantitative estimate of drug-likeness (QED) is 0.459. The monoisotopic (exact) mass is 468 g/mol. The number of hydrogen-bond donors (Lipinski definition) is 2. The van der Waals surface area contributed by atoms with Crippen molar-refractivity contribution in [1.82, 2.24) is 5.32 Å². The van der Waals surface area contributed by atoms with Gasteiger partial charge in [-0.3, -0.25) is 9.52 Å². The van der Waals surface area contributed by atoms with Gasteiger partial charge in [-0.1, -0.05) is 18.2 Å². The number of anilines is 1. The molecule has 1 amide bonds. The van der Waals surface area contributed by atoms with E-state index in [0.717, 1.165) is 11.1 Å². The van der Waals surface area contributed by atoms with Crippen molar-refractivity contribution in [3.63, 3.8) is 0 Å². The molecule has 7 nitrogen and oxygen atoms in total. The Morgan fingerprint density at radius 3 is 2.33 bits per heavy atom. The second kappa shape index (κ2) is 10.4. The summed E-state index contributed by atoms with van der Waals surface area (Å²) in [5.41, 5.74) is 3.33. The molecule has 0 aliphatic carbocycles. The fourth-order valence-electron chi connectivity index (χ4n) is 3.17. The van der Waals surface area contributed by atoms with Gasteiger partial charge in [0.05, 0.1) is 18.6 Å². The maximum absolute atomic E-state index is 13.0. The van der Waals surface area contributed by atoms with Gasteiger partial charge in [0.1, 0.15) is 18.1 Å². The summed E-state index contributed by atoms with van der Waals surface area (Å²) >= 11 is 0. The summed E-state index contributed by atoms with van der Waals surface area (Å²) in [5, 5.41) is 2.75. The van der Waals surface area contributed by atoms with Gasteiger partial charge in [-0.15, -0.1) is 0 Å². The second-order valence-corrected chi connectivity index (χ2v) is 9.32. The summed E-state index contributed by atoms with van der Waals surface area (Å²) in [5.74, 6) is 0.927. The summed E-state index contributed by atoms with van der Waals surface area (Å²) in [6, 6.07) is 17.1. The minimum atomic E-state index is -3.86. The standard InChI is InChI=1S/C25H28N2O5S/c1-17-9-11-21(14-19(17)3)27-33(29,30)24-15-20(10-8-18(24)2)25(28)26-12-13-32-23-7-5-6-22(16-23)31-4/h5-11,14-16,27H,12-13H2,1-4H3,(H,26,28). The minimum absolute atomic E-state index is 0.0565. The average molecular weight is 469 g/mol. The molecule has 174 valence electrons. The zero-order valence-electron chi connectivity index (χ0n) is 19.1. The molecule has 0 radical (unpaired) electrons. The van der Waals surface area contributed by atoms with E-state index in [-0.39, 0.29) is 29.5 Å². The van der Waals surface area contributed by atoms with Crippen LogP contribution in [0.25, 0.3) is 0 Å². The smallest absolute Gasteiger partial charge is 0.262 e. The van der Waals surface area contributed by atoms with E-state index < -0.39 is 10.0 Å². The molecule has 0 aliphatic rings. The summed E-state index contributed by atoms with van der Waals surface area (Å²) < 4.78 is 39.3. The maximum Gasteiger partial charge on any atom is 0.262 e. The number of amides is 1. The molecule has 0 aromatic heterocycles. The topological polar surface area (TPSA) is 93.7 Å². The predicted octanol–water partition coefficient (Wildman–Crippen LogP) is 4.23. The summed E-state index contributed by atoms with van der Waals surface area (Å²) in [6.45, 7) is 6.08. The fourth-order valence-corrected chi connectivity index (χ4v) is 4.49. The molecule has 2 N–H and O–H groups in total. The van der Waals surface area contributed by atoms with Gasteiger partial charge in [0.2, 0.25) is 0 Å². The lowest BCUT2D eigenvalue weighted by Gasteiger charge is -2.13. The highest BCUT2D eigenvalue weighted by Crippen LogP contribution is 2.23. The van der Waals surface area contributed by atoms with E-state index >= 15 is 0 Å². The Kier molecular flexibility index (Phi) is 7.60. The number of hydrogen-bond acceptors (Lipinski definition) is 5. The van der Waals surface area contributed by atoms with Crippen LogP contribution in [-0.2, 0) is 10.0 Å². The molecule has 0 atom stereocenters. The van der Waals surface area contributed by atoms with Crippen molar-refractivity contribution in [3.05, 3.63) is 82.9 Å². The highest BCUT2D eigenvalue weighted by molar-refractivity contribution is 7.92. The van der Waals surface area contributed by atoms with E-state index in [9.17, 15) is 13.2 Å². The van der Waals surface area contributed by atoms with Crippen LogP contribution < -0.4 is 19.5 Å². The summed E-state index contributed by atoms with van der Waals surface area (Å²) in [6.07, 6.45) is 0. The van der Waals surface area contributed by atoms with Crippen molar-refractivity contribution < 1.29 is 22.7 Å². The third-order valence-electron chi connectivity index (χ3n) is 5.20. The average Bonchev–Trinajstić information content (AvgIpc) is 2.79. The first-order chi connectivity index (χ1) is 15.7. The zero-order valence-corrected chi connectivity index (χ0v) is 20.0. The van der Waals surface area contributed by atoms with E-state index in [1.807, 2.05) is 32.0 Å². The van der Waals surface area contributed by atoms with Crippen LogP contribution in [0.15, 0.2) is 65.6 Å². The molecule has 0 bridgehead atoms. The number of sulfonamides is 1. The van der Waals surface area contributed by atoms with Crippen molar-refractivity contribution in [3.8, 4) is 11.5 Å². The van der Waals surface area contributed by atoms with Crippen LogP contribution in [0.3, 0.4) is 0 Å². The van der Waals surface area contributed by atoms with Gasteiger partial charge in [-0.2, -0.15) is 0 Å². The molecule has 0 saturated heterocycles. The molecule has 0 heterocycles. The SMILES string of the molecule is COc1cccc(OCCNC(=O)c2ccc(C)c(S(=O)(=O)Nc3ccc(C)c(C)c3)c2)c1. The third kappa shape index (κ3) is 6.26. The van der Waals surface area contributed by atoms with E-state index in [2.05, 4.69) is 10.0 Å². The Hall–Kier alpha value is -3.52. The number of carbonyl (C=O) groups excluding carboxylic acids is 1. The molecule has 0 saturated carbocycles. The number of ether oxygens (including phenoxy) is 2. The lowest BCUT2D eigenvalue weighted by Crippen LogP contribution is -2.28. The van der Waals surface area contributed by atoms with Crippen molar-refractivity contribution >= 4 is 21.6 Å². The minimum Gasteiger partial charge on any atom is -0.497 e. The number of methoxy groups -OCH3 is 1. The number of aryl methyl sites for hydroxylation is 3. The number of benzene rings is 3. The van der Waals surface area contributed by atoms with Crippen LogP contribution in [-0.4, -0.2) is 34.6 Å². The summed E-state index contributed by atoms with van der Waals surface area (Å²) in [7, 11) is -2.29. The van der Waals surface area contributed by atoms with Crippen LogP contribution >= 0.6 is 0 Å². The van der Waals surface area contributed by atoms with E-state index in [4.69, 9.17) is 9.47 Å². The van der Waals surface area contributed by atoms with Crippen molar-refractivity contribution in [2.75, 3.05) is 25.0 Å².